The van der Waals surface area contributed by atoms with Crippen molar-refractivity contribution < 1.29 is 8.81 Å². The molecule has 0 aliphatic rings. The second-order valence-electron chi connectivity index (χ2n) is 3.01. The zero-order valence-corrected chi connectivity index (χ0v) is 9.14. The van der Waals surface area contributed by atoms with Crippen LogP contribution in [0.1, 0.15) is 5.56 Å². The van der Waals surface area contributed by atoms with E-state index in [4.69, 9.17) is 4.42 Å². The topological polar surface area (TPSA) is 13.1 Å². The average Bonchev–Trinajstić information content (AvgIpc) is 2.67. The number of hydrogen-bond acceptors (Lipinski definition) is 1. The van der Waals surface area contributed by atoms with Crippen molar-refractivity contribution in [1.82, 2.24) is 0 Å². The van der Waals surface area contributed by atoms with Crippen LogP contribution in [0, 0.1) is 12.7 Å². The molecule has 0 saturated heterocycles. The minimum Gasteiger partial charge on any atom is -0.464 e. The first-order chi connectivity index (χ1) is 6.70. The van der Waals surface area contributed by atoms with Crippen LogP contribution in [0.4, 0.5) is 4.39 Å². The van der Waals surface area contributed by atoms with Crippen LogP contribution in [0.5, 0.6) is 0 Å². The number of hydrogen-bond donors (Lipinski definition) is 0. The summed E-state index contributed by atoms with van der Waals surface area (Å²) in [5, 5.41) is 0. The maximum Gasteiger partial charge on any atom is 0.141 e. The molecule has 0 saturated carbocycles. The van der Waals surface area contributed by atoms with Gasteiger partial charge in [-0.15, -0.1) is 0 Å². The molecule has 1 nitrogen and oxygen atoms in total. The lowest BCUT2D eigenvalue weighted by Gasteiger charge is -2.04. The number of rotatable bonds is 1. The Hall–Kier alpha value is -1.09. The molecule has 1 aromatic heterocycles. The van der Waals surface area contributed by atoms with E-state index in [0.717, 1.165) is 5.56 Å². The van der Waals surface area contributed by atoms with Crippen molar-refractivity contribution >= 4 is 15.9 Å². The highest BCUT2D eigenvalue weighted by atomic mass is 79.9. The summed E-state index contributed by atoms with van der Waals surface area (Å²) in [5.41, 5.74) is 1.38. The van der Waals surface area contributed by atoms with Gasteiger partial charge in [-0.25, -0.2) is 4.39 Å². The van der Waals surface area contributed by atoms with Crippen molar-refractivity contribution in [2.45, 2.75) is 6.92 Å². The van der Waals surface area contributed by atoms with Crippen molar-refractivity contribution in [1.29, 1.82) is 0 Å². The Morgan fingerprint density at radius 3 is 2.71 bits per heavy atom. The SMILES string of the molecule is Cc1c(-c2ccco2)ccc(Br)c1F. The quantitative estimate of drug-likeness (QED) is 0.745. The van der Waals surface area contributed by atoms with Gasteiger partial charge < -0.3 is 4.42 Å². The zero-order valence-electron chi connectivity index (χ0n) is 7.55. The van der Waals surface area contributed by atoms with Crippen molar-refractivity contribution in [3.63, 3.8) is 0 Å². The monoisotopic (exact) mass is 254 g/mol. The van der Waals surface area contributed by atoms with E-state index in [-0.39, 0.29) is 5.82 Å². The molecule has 0 atom stereocenters. The Kier molecular flexibility index (Phi) is 2.42. The highest BCUT2D eigenvalue weighted by Gasteiger charge is 2.10. The van der Waals surface area contributed by atoms with Gasteiger partial charge in [0.1, 0.15) is 11.6 Å². The fourth-order valence-corrected chi connectivity index (χ4v) is 1.78. The third kappa shape index (κ3) is 1.48. The van der Waals surface area contributed by atoms with E-state index in [9.17, 15) is 4.39 Å². The Balaban J connectivity index is 2.61. The lowest BCUT2D eigenvalue weighted by Crippen LogP contribution is -1.88. The molecule has 1 aromatic carbocycles. The van der Waals surface area contributed by atoms with Crippen molar-refractivity contribution in [2.75, 3.05) is 0 Å². The predicted molar refractivity (Wildman–Crippen MR) is 56.5 cm³/mol. The summed E-state index contributed by atoms with van der Waals surface area (Å²) in [6.45, 7) is 1.73. The van der Waals surface area contributed by atoms with Gasteiger partial charge in [-0.3, -0.25) is 0 Å². The van der Waals surface area contributed by atoms with E-state index >= 15 is 0 Å². The normalized spacial score (nSPS) is 10.5. The molecule has 3 heteroatoms. The number of halogens is 2. The smallest absolute Gasteiger partial charge is 0.141 e. The Morgan fingerprint density at radius 2 is 2.07 bits per heavy atom. The Morgan fingerprint density at radius 1 is 1.29 bits per heavy atom. The molecule has 0 spiro atoms. The third-order valence-electron chi connectivity index (χ3n) is 2.13. The fourth-order valence-electron chi connectivity index (χ4n) is 1.35. The van der Waals surface area contributed by atoms with Crippen molar-refractivity contribution in [3.05, 3.63) is 46.4 Å². The summed E-state index contributed by atoms with van der Waals surface area (Å²) in [7, 11) is 0. The lowest BCUT2D eigenvalue weighted by atomic mass is 10.1. The number of benzene rings is 1. The fraction of sp³-hybridized carbons (Fsp3) is 0.0909. The largest absolute Gasteiger partial charge is 0.464 e. The second-order valence-corrected chi connectivity index (χ2v) is 3.87. The second kappa shape index (κ2) is 3.58. The van der Waals surface area contributed by atoms with Gasteiger partial charge in [0.25, 0.3) is 0 Å². The summed E-state index contributed by atoms with van der Waals surface area (Å²) in [5.74, 6) is 0.452. The van der Waals surface area contributed by atoms with Gasteiger partial charge in [0, 0.05) is 5.56 Å². The minimum absolute atomic E-state index is 0.237. The van der Waals surface area contributed by atoms with Gasteiger partial charge in [-0.2, -0.15) is 0 Å². The van der Waals surface area contributed by atoms with Crippen LogP contribution in [0.25, 0.3) is 11.3 Å². The molecular weight excluding hydrogens is 247 g/mol. The molecule has 0 N–H and O–H groups in total. The summed E-state index contributed by atoms with van der Waals surface area (Å²) in [6.07, 6.45) is 1.58. The molecule has 0 amide bonds. The van der Waals surface area contributed by atoms with Crippen LogP contribution in [0.15, 0.2) is 39.4 Å². The highest BCUT2D eigenvalue weighted by molar-refractivity contribution is 9.10. The van der Waals surface area contributed by atoms with Gasteiger partial charge in [-0.1, -0.05) is 0 Å². The highest BCUT2D eigenvalue weighted by Crippen LogP contribution is 2.29. The van der Waals surface area contributed by atoms with Crippen LogP contribution in [0.2, 0.25) is 0 Å². The summed E-state index contributed by atoms with van der Waals surface area (Å²) in [6, 6.07) is 7.12. The first-order valence-corrected chi connectivity index (χ1v) is 4.98. The van der Waals surface area contributed by atoms with Crippen molar-refractivity contribution in [2.24, 2.45) is 0 Å². The molecule has 0 radical (unpaired) electrons. The standard InChI is InChI=1S/C11H8BrFO/c1-7-8(10-3-2-6-14-10)4-5-9(12)11(7)13/h2-6H,1H3. The van der Waals surface area contributed by atoms with Gasteiger partial charge in [-0.05, 0) is 52.7 Å². The molecule has 2 rings (SSSR count). The summed E-state index contributed by atoms with van der Waals surface area (Å²) < 4.78 is 19.2. The van der Waals surface area contributed by atoms with Crippen LogP contribution in [0.3, 0.4) is 0 Å². The van der Waals surface area contributed by atoms with Gasteiger partial charge in [0.15, 0.2) is 0 Å². The molecular formula is C11H8BrFO. The van der Waals surface area contributed by atoms with Crippen LogP contribution in [-0.2, 0) is 0 Å². The molecule has 14 heavy (non-hydrogen) atoms. The first kappa shape index (κ1) is 9.46. The van der Waals surface area contributed by atoms with Crippen molar-refractivity contribution in [3.8, 4) is 11.3 Å². The third-order valence-corrected chi connectivity index (χ3v) is 2.74. The van der Waals surface area contributed by atoms with Gasteiger partial charge in [0.05, 0.1) is 10.7 Å². The first-order valence-electron chi connectivity index (χ1n) is 4.18. The molecule has 0 aliphatic heterocycles. The molecule has 0 fully saturated rings. The molecule has 1 heterocycles. The van der Waals surface area contributed by atoms with E-state index in [0.29, 0.717) is 15.8 Å². The Bertz CT molecular complexity index is 449. The summed E-state index contributed by atoms with van der Waals surface area (Å²) in [4.78, 5) is 0. The zero-order chi connectivity index (χ0) is 10.1. The van der Waals surface area contributed by atoms with Gasteiger partial charge in [0.2, 0.25) is 0 Å². The maximum atomic E-state index is 13.5. The molecule has 0 aliphatic carbocycles. The maximum absolute atomic E-state index is 13.5. The van der Waals surface area contributed by atoms with E-state index in [1.165, 1.54) is 0 Å². The molecule has 2 aromatic rings. The molecule has 0 bridgehead atoms. The number of furan rings is 1. The predicted octanol–water partition coefficient (Wildman–Crippen LogP) is 4.16. The van der Waals surface area contributed by atoms with Gasteiger partial charge >= 0.3 is 0 Å². The minimum atomic E-state index is -0.237. The summed E-state index contributed by atoms with van der Waals surface area (Å²) >= 11 is 3.14. The van der Waals surface area contributed by atoms with Crippen LogP contribution >= 0.6 is 15.9 Å². The molecule has 0 unspecified atom stereocenters. The molecule has 72 valence electrons. The lowest BCUT2D eigenvalue weighted by molar-refractivity contribution is 0.577. The average molecular weight is 255 g/mol. The van der Waals surface area contributed by atoms with E-state index in [1.807, 2.05) is 12.1 Å². The van der Waals surface area contributed by atoms with E-state index in [2.05, 4.69) is 15.9 Å². The van der Waals surface area contributed by atoms with E-state index in [1.54, 1.807) is 25.3 Å². The van der Waals surface area contributed by atoms with Crippen LogP contribution in [-0.4, -0.2) is 0 Å². The van der Waals surface area contributed by atoms with E-state index < -0.39 is 0 Å². The van der Waals surface area contributed by atoms with Crippen LogP contribution < -0.4 is 0 Å². The Labute approximate surface area is 89.7 Å².